The molecule has 0 radical (unpaired) electrons. The lowest BCUT2D eigenvalue weighted by molar-refractivity contribution is -0.126. The summed E-state index contributed by atoms with van der Waals surface area (Å²) >= 11 is 10.6. The minimum Gasteiger partial charge on any atom is -0.356 e. The molecule has 0 spiro atoms. The molecule has 0 aromatic heterocycles. The van der Waals surface area contributed by atoms with E-state index in [1.807, 2.05) is 0 Å². The highest BCUT2D eigenvalue weighted by Gasteiger charge is 2.08. The van der Waals surface area contributed by atoms with E-state index in [0.717, 1.165) is 0 Å². The number of carbonyl (C=O) groups is 2. The fourth-order valence-electron chi connectivity index (χ4n) is 1.06. The van der Waals surface area contributed by atoms with Crippen LogP contribution >= 0.6 is 23.2 Å². The zero-order valence-corrected chi connectivity index (χ0v) is 11.9. The van der Waals surface area contributed by atoms with Crippen molar-refractivity contribution in [3.63, 3.8) is 0 Å². The van der Waals surface area contributed by atoms with Gasteiger partial charge in [-0.25, -0.2) is 0 Å². The Balaban J connectivity index is 3.54. The van der Waals surface area contributed by atoms with Crippen molar-refractivity contribution in [1.82, 2.24) is 10.6 Å². The molecule has 0 aromatic carbocycles. The molecular weight excluding hydrogens is 283 g/mol. The Morgan fingerprint density at radius 1 is 0.944 bits per heavy atom. The third kappa shape index (κ3) is 9.47. The summed E-state index contributed by atoms with van der Waals surface area (Å²) in [4.78, 5) is 21.8. The molecule has 0 aliphatic heterocycles. The van der Waals surface area contributed by atoms with Crippen molar-refractivity contribution in [2.45, 2.75) is 26.3 Å². The molecule has 6 nitrogen and oxygen atoms in total. The molecule has 18 heavy (non-hydrogen) atoms. The molecule has 0 heterocycles. The highest BCUT2D eigenvalue weighted by molar-refractivity contribution is 6.27. The van der Waals surface area contributed by atoms with Crippen molar-refractivity contribution in [1.29, 1.82) is 0 Å². The third-order valence-electron chi connectivity index (χ3n) is 1.79. The van der Waals surface area contributed by atoms with Crippen molar-refractivity contribution < 1.29 is 19.1 Å². The van der Waals surface area contributed by atoms with Gasteiger partial charge in [0.2, 0.25) is 11.8 Å². The Hall–Kier alpha value is -0.560. The van der Waals surface area contributed by atoms with Crippen LogP contribution in [0.3, 0.4) is 0 Å². The molecule has 0 aliphatic carbocycles. The van der Waals surface area contributed by atoms with Crippen LogP contribution in [0.2, 0.25) is 0 Å². The molecule has 0 saturated heterocycles. The van der Waals surface area contributed by atoms with Gasteiger partial charge in [-0.05, 0) is 13.8 Å². The molecule has 0 aliphatic rings. The van der Waals surface area contributed by atoms with Crippen LogP contribution in [0.15, 0.2) is 0 Å². The van der Waals surface area contributed by atoms with Crippen LogP contribution in [-0.4, -0.2) is 49.2 Å². The summed E-state index contributed by atoms with van der Waals surface area (Å²) in [7, 11) is 0. The van der Waals surface area contributed by atoms with Gasteiger partial charge in [-0.1, -0.05) is 0 Å². The van der Waals surface area contributed by atoms with Crippen molar-refractivity contribution >= 4 is 35.0 Å². The summed E-state index contributed by atoms with van der Waals surface area (Å²) in [6.07, 6.45) is -0.875. The van der Waals surface area contributed by atoms with Gasteiger partial charge < -0.3 is 20.1 Å². The summed E-state index contributed by atoms with van der Waals surface area (Å²) < 4.78 is 10.5. The van der Waals surface area contributed by atoms with Gasteiger partial charge in [0.05, 0.1) is 13.2 Å². The number of alkyl halides is 2. The number of rotatable bonds is 9. The van der Waals surface area contributed by atoms with Crippen LogP contribution in [0, 0.1) is 0 Å². The molecule has 0 fully saturated rings. The van der Waals surface area contributed by atoms with Crippen molar-refractivity contribution in [3.05, 3.63) is 0 Å². The van der Waals surface area contributed by atoms with Gasteiger partial charge in [0.15, 0.2) is 0 Å². The van der Waals surface area contributed by atoms with Gasteiger partial charge in [-0.3, -0.25) is 9.59 Å². The lowest BCUT2D eigenvalue weighted by Gasteiger charge is -2.17. The topological polar surface area (TPSA) is 76.7 Å². The van der Waals surface area contributed by atoms with E-state index in [2.05, 4.69) is 10.6 Å². The summed E-state index contributed by atoms with van der Waals surface area (Å²) in [6, 6.07) is 0. The first kappa shape index (κ1) is 17.4. The van der Waals surface area contributed by atoms with E-state index in [1.54, 1.807) is 13.8 Å². The van der Waals surface area contributed by atoms with E-state index >= 15 is 0 Å². The zero-order chi connectivity index (χ0) is 14.0. The Bertz CT molecular complexity index is 240. The Labute approximate surface area is 116 Å². The lowest BCUT2D eigenvalue weighted by atomic mass is 10.5. The molecule has 0 rings (SSSR count). The van der Waals surface area contributed by atoms with Crippen LogP contribution in [0.5, 0.6) is 0 Å². The van der Waals surface area contributed by atoms with Crippen molar-refractivity contribution in [2.75, 3.05) is 25.0 Å². The summed E-state index contributed by atoms with van der Waals surface area (Å²) in [5.74, 6) is -0.808. The van der Waals surface area contributed by atoms with E-state index in [9.17, 15) is 9.59 Å². The highest BCUT2D eigenvalue weighted by Crippen LogP contribution is 1.91. The van der Waals surface area contributed by atoms with Crippen LogP contribution in [0.25, 0.3) is 0 Å². The average Bonchev–Trinajstić information content (AvgIpc) is 2.34. The summed E-state index contributed by atoms with van der Waals surface area (Å²) in [6.45, 7) is 3.93. The lowest BCUT2D eigenvalue weighted by Crippen LogP contribution is -2.38. The van der Waals surface area contributed by atoms with E-state index in [0.29, 0.717) is 0 Å². The molecule has 2 unspecified atom stereocenters. The SMILES string of the molecule is CC(NC(=O)CCl)OCCOC(C)NC(=O)CCl. The first-order chi connectivity index (χ1) is 8.49. The second-order valence-electron chi connectivity index (χ2n) is 3.43. The minimum absolute atomic E-state index is 0.105. The summed E-state index contributed by atoms with van der Waals surface area (Å²) in [5, 5.41) is 5.05. The maximum absolute atomic E-state index is 10.9. The molecule has 106 valence electrons. The van der Waals surface area contributed by atoms with E-state index in [-0.39, 0.29) is 36.8 Å². The molecule has 2 atom stereocenters. The Morgan fingerprint density at radius 3 is 1.56 bits per heavy atom. The number of amides is 2. The largest absolute Gasteiger partial charge is 0.356 e. The predicted octanol–water partition coefficient (Wildman–Crippen LogP) is 0.422. The van der Waals surface area contributed by atoms with Crippen molar-refractivity contribution in [2.24, 2.45) is 0 Å². The average molecular weight is 301 g/mol. The molecule has 2 amide bonds. The molecule has 8 heteroatoms. The maximum Gasteiger partial charge on any atom is 0.236 e. The second-order valence-corrected chi connectivity index (χ2v) is 3.96. The predicted molar refractivity (Wildman–Crippen MR) is 68.6 cm³/mol. The van der Waals surface area contributed by atoms with Gasteiger partial charge in [0.25, 0.3) is 0 Å². The zero-order valence-electron chi connectivity index (χ0n) is 10.4. The van der Waals surface area contributed by atoms with Crippen LogP contribution in [0.1, 0.15) is 13.8 Å². The van der Waals surface area contributed by atoms with E-state index in [1.165, 1.54) is 0 Å². The standard InChI is InChI=1S/C10H18Cl2N2O4/c1-7(13-9(15)5-11)17-3-4-18-8(2)14-10(16)6-12/h7-8H,3-6H2,1-2H3,(H,13,15)(H,14,16). The van der Waals surface area contributed by atoms with E-state index in [4.69, 9.17) is 32.7 Å². The first-order valence-electron chi connectivity index (χ1n) is 5.43. The quantitative estimate of drug-likeness (QED) is 0.368. The fraction of sp³-hybridized carbons (Fsp3) is 0.800. The van der Waals surface area contributed by atoms with Crippen LogP contribution in [-0.2, 0) is 19.1 Å². The number of nitrogens with one attached hydrogen (secondary N) is 2. The molecule has 0 bridgehead atoms. The van der Waals surface area contributed by atoms with Gasteiger partial charge in [0.1, 0.15) is 24.2 Å². The van der Waals surface area contributed by atoms with Gasteiger partial charge >= 0.3 is 0 Å². The number of ether oxygens (including phenoxy) is 2. The molecular formula is C10H18Cl2N2O4. The molecule has 0 saturated carbocycles. The number of hydrogen-bond donors (Lipinski definition) is 2. The van der Waals surface area contributed by atoms with Gasteiger partial charge in [0, 0.05) is 0 Å². The van der Waals surface area contributed by atoms with Crippen LogP contribution in [0.4, 0.5) is 0 Å². The molecule has 0 aromatic rings. The minimum atomic E-state index is -0.437. The number of halogens is 2. The highest BCUT2D eigenvalue weighted by atomic mass is 35.5. The first-order valence-corrected chi connectivity index (χ1v) is 6.50. The Morgan fingerprint density at radius 2 is 1.28 bits per heavy atom. The van der Waals surface area contributed by atoms with Gasteiger partial charge in [-0.2, -0.15) is 0 Å². The number of carbonyl (C=O) groups excluding carboxylic acids is 2. The number of hydrogen-bond acceptors (Lipinski definition) is 4. The van der Waals surface area contributed by atoms with E-state index < -0.39 is 12.5 Å². The fourth-order valence-corrected chi connectivity index (χ4v) is 1.22. The normalized spacial score (nSPS) is 13.8. The monoisotopic (exact) mass is 300 g/mol. The van der Waals surface area contributed by atoms with Gasteiger partial charge in [-0.15, -0.1) is 23.2 Å². The Kier molecular flexibility index (Phi) is 10.0. The maximum atomic E-state index is 10.9. The third-order valence-corrected chi connectivity index (χ3v) is 2.28. The summed E-state index contributed by atoms with van der Waals surface area (Å²) in [5.41, 5.74) is 0. The second kappa shape index (κ2) is 10.4. The van der Waals surface area contributed by atoms with Crippen LogP contribution < -0.4 is 10.6 Å². The molecule has 2 N–H and O–H groups in total. The smallest absolute Gasteiger partial charge is 0.236 e. The van der Waals surface area contributed by atoms with Crippen molar-refractivity contribution in [3.8, 4) is 0 Å².